The standard InChI is InChI=1S/C15H21NO3/c16-13-5-1-4-12(10-13)11-15(17)19-9-3-7-14-6-2-8-18-14/h1,4-5,10,14H,2-3,6-9,11,16H2. The molecular formula is C15H21NO3. The molecule has 2 rings (SSSR count). The van der Waals surface area contributed by atoms with Crippen LogP contribution in [-0.2, 0) is 20.7 Å². The van der Waals surface area contributed by atoms with E-state index in [0.717, 1.165) is 37.9 Å². The fourth-order valence-corrected chi connectivity index (χ4v) is 2.29. The normalized spacial score (nSPS) is 18.4. The number of nitrogens with two attached hydrogens (primary N) is 1. The molecule has 1 atom stereocenters. The first-order chi connectivity index (χ1) is 9.24. The van der Waals surface area contributed by atoms with Crippen LogP contribution in [0.2, 0.25) is 0 Å². The molecule has 1 aliphatic heterocycles. The molecule has 0 saturated carbocycles. The maximum absolute atomic E-state index is 11.6. The van der Waals surface area contributed by atoms with Gasteiger partial charge in [0.25, 0.3) is 0 Å². The monoisotopic (exact) mass is 263 g/mol. The Hall–Kier alpha value is -1.55. The highest BCUT2D eigenvalue weighted by Crippen LogP contribution is 2.16. The molecule has 0 bridgehead atoms. The predicted molar refractivity (Wildman–Crippen MR) is 73.7 cm³/mol. The van der Waals surface area contributed by atoms with Crippen LogP contribution in [0.4, 0.5) is 5.69 Å². The van der Waals surface area contributed by atoms with Crippen LogP contribution in [0.15, 0.2) is 24.3 Å². The minimum absolute atomic E-state index is 0.196. The first-order valence-corrected chi connectivity index (χ1v) is 6.85. The van der Waals surface area contributed by atoms with Gasteiger partial charge in [0.05, 0.1) is 19.1 Å². The number of ether oxygens (including phenoxy) is 2. The number of rotatable bonds is 6. The van der Waals surface area contributed by atoms with E-state index in [2.05, 4.69) is 0 Å². The molecule has 1 aromatic carbocycles. The fraction of sp³-hybridized carbons (Fsp3) is 0.533. The number of carbonyl (C=O) groups is 1. The largest absolute Gasteiger partial charge is 0.465 e. The van der Waals surface area contributed by atoms with Crippen molar-refractivity contribution in [1.82, 2.24) is 0 Å². The summed E-state index contributed by atoms with van der Waals surface area (Å²) in [5, 5.41) is 0. The highest BCUT2D eigenvalue weighted by Gasteiger charge is 2.15. The van der Waals surface area contributed by atoms with Gasteiger partial charge in [0.1, 0.15) is 0 Å². The van der Waals surface area contributed by atoms with E-state index in [9.17, 15) is 4.79 Å². The molecule has 1 heterocycles. The molecule has 1 fully saturated rings. The van der Waals surface area contributed by atoms with E-state index in [1.807, 2.05) is 12.1 Å². The minimum Gasteiger partial charge on any atom is -0.465 e. The number of nitrogen functional groups attached to an aromatic ring is 1. The van der Waals surface area contributed by atoms with Gasteiger partial charge in [0.15, 0.2) is 0 Å². The van der Waals surface area contributed by atoms with Crippen LogP contribution in [0.3, 0.4) is 0 Å². The molecule has 2 N–H and O–H groups in total. The molecule has 1 aliphatic rings. The molecule has 1 unspecified atom stereocenters. The van der Waals surface area contributed by atoms with Crippen molar-refractivity contribution < 1.29 is 14.3 Å². The van der Waals surface area contributed by atoms with Crippen molar-refractivity contribution in [2.45, 2.75) is 38.2 Å². The Bertz CT molecular complexity index is 414. The van der Waals surface area contributed by atoms with Crippen molar-refractivity contribution in [3.8, 4) is 0 Å². The third kappa shape index (κ3) is 4.91. The third-order valence-electron chi connectivity index (χ3n) is 3.26. The Morgan fingerprint density at radius 1 is 1.47 bits per heavy atom. The Kier molecular flexibility index (Phi) is 5.21. The van der Waals surface area contributed by atoms with Crippen molar-refractivity contribution >= 4 is 11.7 Å². The molecule has 0 radical (unpaired) electrons. The summed E-state index contributed by atoms with van der Waals surface area (Å²) in [7, 11) is 0. The molecule has 0 aliphatic carbocycles. The Balaban J connectivity index is 1.61. The van der Waals surface area contributed by atoms with Crippen LogP contribution in [0.25, 0.3) is 0 Å². The van der Waals surface area contributed by atoms with Crippen molar-refractivity contribution in [3.63, 3.8) is 0 Å². The highest BCUT2D eigenvalue weighted by molar-refractivity contribution is 5.72. The number of hydrogen-bond donors (Lipinski definition) is 1. The molecule has 1 saturated heterocycles. The van der Waals surface area contributed by atoms with Crippen LogP contribution in [0.1, 0.15) is 31.2 Å². The molecule has 0 amide bonds. The lowest BCUT2D eigenvalue weighted by atomic mass is 10.1. The van der Waals surface area contributed by atoms with Gasteiger partial charge in [-0.25, -0.2) is 0 Å². The zero-order valence-corrected chi connectivity index (χ0v) is 11.1. The van der Waals surface area contributed by atoms with Crippen LogP contribution in [-0.4, -0.2) is 25.3 Å². The van der Waals surface area contributed by atoms with E-state index >= 15 is 0 Å². The lowest BCUT2D eigenvalue weighted by Gasteiger charge is -2.09. The summed E-state index contributed by atoms with van der Waals surface area (Å²) in [5.41, 5.74) is 7.22. The molecule has 1 aromatic rings. The second-order valence-electron chi connectivity index (χ2n) is 4.92. The summed E-state index contributed by atoms with van der Waals surface area (Å²) in [5.74, 6) is -0.196. The third-order valence-corrected chi connectivity index (χ3v) is 3.26. The summed E-state index contributed by atoms with van der Waals surface area (Å²) >= 11 is 0. The maximum Gasteiger partial charge on any atom is 0.310 e. The Morgan fingerprint density at radius 3 is 3.11 bits per heavy atom. The first-order valence-electron chi connectivity index (χ1n) is 6.85. The molecule has 0 spiro atoms. The molecule has 104 valence electrons. The highest BCUT2D eigenvalue weighted by atomic mass is 16.5. The van der Waals surface area contributed by atoms with Crippen molar-refractivity contribution in [1.29, 1.82) is 0 Å². The first kappa shape index (κ1) is 13.9. The Labute approximate surface area is 113 Å². The molecular weight excluding hydrogens is 242 g/mol. The van der Waals surface area contributed by atoms with E-state index in [4.69, 9.17) is 15.2 Å². The van der Waals surface area contributed by atoms with Gasteiger partial charge >= 0.3 is 5.97 Å². The number of anilines is 1. The second kappa shape index (κ2) is 7.14. The van der Waals surface area contributed by atoms with E-state index in [1.54, 1.807) is 12.1 Å². The van der Waals surface area contributed by atoms with Gasteiger partial charge in [-0.05, 0) is 43.4 Å². The average Bonchev–Trinajstić information content (AvgIpc) is 2.88. The van der Waals surface area contributed by atoms with Crippen LogP contribution in [0, 0.1) is 0 Å². The number of esters is 1. The Morgan fingerprint density at radius 2 is 2.37 bits per heavy atom. The van der Waals surface area contributed by atoms with E-state index in [-0.39, 0.29) is 12.4 Å². The maximum atomic E-state index is 11.6. The van der Waals surface area contributed by atoms with Gasteiger partial charge in [-0.2, -0.15) is 0 Å². The average molecular weight is 263 g/mol. The topological polar surface area (TPSA) is 61.6 Å². The summed E-state index contributed by atoms with van der Waals surface area (Å²) in [6.07, 6.45) is 4.79. The van der Waals surface area contributed by atoms with Gasteiger partial charge < -0.3 is 15.2 Å². The minimum atomic E-state index is -0.196. The van der Waals surface area contributed by atoms with Gasteiger partial charge in [-0.3, -0.25) is 4.79 Å². The van der Waals surface area contributed by atoms with E-state index in [1.165, 1.54) is 0 Å². The molecule has 4 heteroatoms. The van der Waals surface area contributed by atoms with Crippen LogP contribution < -0.4 is 5.73 Å². The lowest BCUT2D eigenvalue weighted by Crippen LogP contribution is -2.11. The van der Waals surface area contributed by atoms with E-state index < -0.39 is 0 Å². The predicted octanol–water partition coefficient (Wildman–Crippen LogP) is 2.31. The van der Waals surface area contributed by atoms with Crippen LogP contribution in [0.5, 0.6) is 0 Å². The van der Waals surface area contributed by atoms with Crippen molar-refractivity contribution in [2.24, 2.45) is 0 Å². The zero-order chi connectivity index (χ0) is 13.5. The number of carbonyl (C=O) groups excluding carboxylic acids is 1. The quantitative estimate of drug-likeness (QED) is 0.486. The molecule has 19 heavy (non-hydrogen) atoms. The number of hydrogen-bond acceptors (Lipinski definition) is 4. The van der Waals surface area contributed by atoms with Gasteiger partial charge in [0, 0.05) is 12.3 Å². The van der Waals surface area contributed by atoms with Gasteiger partial charge in [-0.1, -0.05) is 12.1 Å². The fourth-order valence-electron chi connectivity index (χ4n) is 2.29. The summed E-state index contributed by atoms with van der Waals surface area (Å²) in [4.78, 5) is 11.6. The summed E-state index contributed by atoms with van der Waals surface area (Å²) < 4.78 is 10.7. The van der Waals surface area contributed by atoms with Gasteiger partial charge in [0.2, 0.25) is 0 Å². The second-order valence-corrected chi connectivity index (χ2v) is 4.92. The van der Waals surface area contributed by atoms with Gasteiger partial charge in [-0.15, -0.1) is 0 Å². The van der Waals surface area contributed by atoms with Crippen molar-refractivity contribution in [3.05, 3.63) is 29.8 Å². The number of benzene rings is 1. The SMILES string of the molecule is Nc1cccc(CC(=O)OCCCC2CCCO2)c1. The lowest BCUT2D eigenvalue weighted by molar-refractivity contribution is -0.143. The summed E-state index contributed by atoms with van der Waals surface area (Å²) in [6, 6.07) is 7.32. The molecule has 4 nitrogen and oxygen atoms in total. The summed E-state index contributed by atoms with van der Waals surface area (Å²) in [6.45, 7) is 1.35. The molecule has 0 aromatic heterocycles. The van der Waals surface area contributed by atoms with Crippen molar-refractivity contribution in [2.75, 3.05) is 18.9 Å². The van der Waals surface area contributed by atoms with Crippen LogP contribution >= 0.6 is 0 Å². The smallest absolute Gasteiger partial charge is 0.310 e. The zero-order valence-electron chi connectivity index (χ0n) is 11.1. The van der Waals surface area contributed by atoms with E-state index in [0.29, 0.717) is 18.4 Å².